The second-order valence-corrected chi connectivity index (χ2v) is 6.50. The van der Waals surface area contributed by atoms with E-state index in [1.165, 1.54) is 6.08 Å². The Morgan fingerprint density at radius 2 is 2.04 bits per heavy atom. The Kier molecular flexibility index (Phi) is 4.47. The lowest BCUT2D eigenvalue weighted by Crippen LogP contribution is -2.05. The van der Waals surface area contributed by atoms with E-state index >= 15 is 0 Å². The van der Waals surface area contributed by atoms with Crippen molar-refractivity contribution < 1.29 is 5.11 Å². The molecule has 2 heterocycles. The number of fused-ring (bicyclic) bond motifs is 1. The summed E-state index contributed by atoms with van der Waals surface area (Å²) in [6, 6.07) is 9.15. The molecule has 2 aromatic heterocycles. The first-order valence-electron chi connectivity index (χ1n) is 8.29. The minimum Gasteiger partial charge on any atom is -0.505 e. The molecule has 1 aliphatic rings. The van der Waals surface area contributed by atoms with E-state index in [1.54, 1.807) is 30.6 Å². The Morgan fingerprint density at radius 3 is 2.85 bits per heavy atom. The van der Waals surface area contributed by atoms with E-state index in [9.17, 15) is 5.11 Å². The maximum absolute atomic E-state index is 10.3. The van der Waals surface area contributed by atoms with Crippen molar-refractivity contribution in [2.45, 2.75) is 6.92 Å². The molecule has 5 nitrogen and oxygen atoms in total. The van der Waals surface area contributed by atoms with Crippen LogP contribution in [-0.2, 0) is 0 Å². The summed E-state index contributed by atoms with van der Waals surface area (Å²) in [5.41, 5.74) is 5.91. The number of hydrogen-bond donors (Lipinski definition) is 2. The van der Waals surface area contributed by atoms with E-state index in [2.05, 4.69) is 26.0 Å². The monoisotopic (exact) mass is 374 g/mol. The molecule has 0 saturated carbocycles. The van der Waals surface area contributed by atoms with Crippen LogP contribution in [0.4, 0.5) is 5.82 Å². The van der Waals surface area contributed by atoms with E-state index in [4.69, 9.17) is 11.6 Å². The van der Waals surface area contributed by atoms with Crippen molar-refractivity contribution in [1.29, 1.82) is 0 Å². The lowest BCUT2D eigenvalue weighted by Gasteiger charge is -2.13. The van der Waals surface area contributed by atoms with Gasteiger partial charge in [-0.05, 0) is 55.0 Å². The number of aromatic nitrogens is 3. The zero-order valence-corrected chi connectivity index (χ0v) is 15.2. The van der Waals surface area contributed by atoms with Gasteiger partial charge in [0.05, 0.1) is 11.2 Å². The van der Waals surface area contributed by atoms with Gasteiger partial charge in [0.1, 0.15) is 11.6 Å². The van der Waals surface area contributed by atoms with E-state index in [0.29, 0.717) is 22.4 Å². The van der Waals surface area contributed by atoms with Crippen LogP contribution in [0.3, 0.4) is 0 Å². The lowest BCUT2D eigenvalue weighted by molar-refractivity contribution is 0.428. The van der Waals surface area contributed by atoms with Crippen LogP contribution in [0.1, 0.15) is 6.92 Å². The number of rotatable bonds is 3. The van der Waals surface area contributed by atoms with Crippen molar-refractivity contribution in [2.75, 3.05) is 5.32 Å². The minimum absolute atomic E-state index is 0.0693. The first kappa shape index (κ1) is 17.0. The van der Waals surface area contributed by atoms with E-state index in [-0.39, 0.29) is 5.76 Å². The summed E-state index contributed by atoms with van der Waals surface area (Å²) >= 11 is 6.18. The smallest absolute Gasteiger partial charge is 0.163 e. The molecule has 6 heteroatoms. The molecule has 0 fully saturated rings. The molecular formula is C21H15ClN4O. The normalized spacial score (nSPS) is 13.6. The maximum Gasteiger partial charge on any atom is 0.163 e. The molecule has 4 rings (SSSR count). The van der Waals surface area contributed by atoms with Crippen molar-refractivity contribution in [3.05, 3.63) is 88.7 Å². The third kappa shape index (κ3) is 3.60. The molecule has 0 amide bonds. The number of pyridine rings is 1. The fourth-order valence-electron chi connectivity index (χ4n) is 2.72. The van der Waals surface area contributed by atoms with Gasteiger partial charge >= 0.3 is 0 Å². The van der Waals surface area contributed by atoms with Crippen molar-refractivity contribution in [3.63, 3.8) is 0 Å². The van der Waals surface area contributed by atoms with Gasteiger partial charge in [0.25, 0.3) is 0 Å². The number of aliphatic hydroxyl groups excluding tert-OH is 1. The van der Waals surface area contributed by atoms with Gasteiger partial charge in [0, 0.05) is 34.4 Å². The summed E-state index contributed by atoms with van der Waals surface area (Å²) in [6.45, 7) is 1.93. The predicted octanol–water partition coefficient (Wildman–Crippen LogP) is 5.20. The molecule has 1 aliphatic carbocycles. The van der Waals surface area contributed by atoms with Gasteiger partial charge < -0.3 is 10.4 Å². The van der Waals surface area contributed by atoms with Gasteiger partial charge in [-0.15, -0.1) is 5.73 Å². The molecule has 0 radical (unpaired) electrons. The molecule has 3 aromatic rings. The molecule has 132 valence electrons. The van der Waals surface area contributed by atoms with E-state index < -0.39 is 0 Å². The zero-order valence-electron chi connectivity index (χ0n) is 14.4. The summed E-state index contributed by atoms with van der Waals surface area (Å²) in [5, 5.41) is 14.8. The second-order valence-electron chi connectivity index (χ2n) is 6.07. The van der Waals surface area contributed by atoms with Gasteiger partial charge in [-0.3, -0.25) is 4.98 Å². The molecule has 0 atom stereocenters. The van der Waals surface area contributed by atoms with Crippen LogP contribution in [-0.4, -0.2) is 20.1 Å². The molecule has 0 spiro atoms. The van der Waals surface area contributed by atoms with Crippen LogP contribution < -0.4 is 5.32 Å². The van der Waals surface area contributed by atoms with Crippen molar-refractivity contribution in [2.24, 2.45) is 0 Å². The number of anilines is 1. The Bertz CT molecular complexity index is 1160. The van der Waals surface area contributed by atoms with Gasteiger partial charge in [-0.2, -0.15) is 0 Å². The first-order chi connectivity index (χ1) is 13.1. The molecule has 1 aromatic carbocycles. The van der Waals surface area contributed by atoms with Crippen LogP contribution in [0.2, 0.25) is 5.02 Å². The zero-order chi connectivity index (χ0) is 18.8. The van der Waals surface area contributed by atoms with Gasteiger partial charge in [-0.1, -0.05) is 11.6 Å². The first-order valence-corrected chi connectivity index (χ1v) is 8.67. The van der Waals surface area contributed by atoms with E-state index in [1.807, 2.05) is 31.2 Å². The highest BCUT2D eigenvalue weighted by atomic mass is 35.5. The number of nitrogens with zero attached hydrogens (tertiary/aromatic N) is 3. The van der Waals surface area contributed by atoms with Gasteiger partial charge in [0.15, 0.2) is 5.82 Å². The average Bonchev–Trinajstić information content (AvgIpc) is 2.83. The summed E-state index contributed by atoms with van der Waals surface area (Å²) in [7, 11) is 0. The average molecular weight is 375 g/mol. The second kappa shape index (κ2) is 7.08. The third-order valence-electron chi connectivity index (χ3n) is 4.01. The number of hydrogen-bond acceptors (Lipinski definition) is 5. The van der Waals surface area contributed by atoms with Gasteiger partial charge in [0.2, 0.25) is 0 Å². The van der Waals surface area contributed by atoms with Crippen LogP contribution in [0, 0.1) is 0 Å². The SMILES string of the molecule is CC1=CC(Nc2nc(-c3cccnc3)nc3ccc(Cl)cc23)=C(O)C=C=C1. The van der Waals surface area contributed by atoms with Crippen molar-refractivity contribution in [3.8, 4) is 11.4 Å². The topological polar surface area (TPSA) is 70.9 Å². The van der Waals surface area contributed by atoms with Crippen LogP contribution in [0.15, 0.2) is 83.7 Å². The Morgan fingerprint density at radius 1 is 1.15 bits per heavy atom. The fourth-order valence-corrected chi connectivity index (χ4v) is 2.89. The quantitative estimate of drug-likeness (QED) is 0.617. The van der Waals surface area contributed by atoms with E-state index in [0.717, 1.165) is 22.0 Å². The molecule has 0 bridgehead atoms. The maximum atomic E-state index is 10.3. The predicted molar refractivity (Wildman–Crippen MR) is 107 cm³/mol. The number of aliphatic hydroxyl groups is 1. The summed E-state index contributed by atoms with van der Waals surface area (Å²) in [5.74, 6) is 1.14. The Labute approximate surface area is 161 Å². The molecule has 0 aliphatic heterocycles. The largest absolute Gasteiger partial charge is 0.505 e. The number of allylic oxidation sites excluding steroid dienone is 3. The number of nitrogens with one attached hydrogen (secondary N) is 1. The van der Waals surface area contributed by atoms with Gasteiger partial charge in [-0.25, -0.2) is 9.97 Å². The highest BCUT2D eigenvalue weighted by Gasteiger charge is 2.13. The standard InChI is InChI=1S/C21H15ClN4O/c1-13-4-2-6-19(27)18(10-13)25-21-16-11-15(22)7-8-17(16)24-20(26-21)14-5-3-9-23-12-14/h3-12,27H,1H3,(H,24,25,26). The molecule has 27 heavy (non-hydrogen) atoms. The number of benzene rings is 1. The molecule has 0 saturated heterocycles. The lowest BCUT2D eigenvalue weighted by atomic mass is 10.2. The Balaban J connectivity index is 1.89. The van der Waals surface area contributed by atoms with Crippen molar-refractivity contribution >= 4 is 28.3 Å². The molecular weight excluding hydrogens is 360 g/mol. The van der Waals surface area contributed by atoms with Crippen LogP contribution >= 0.6 is 11.6 Å². The molecule has 2 N–H and O–H groups in total. The molecule has 0 unspecified atom stereocenters. The highest BCUT2D eigenvalue weighted by molar-refractivity contribution is 6.31. The van der Waals surface area contributed by atoms with Crippen LogP contribution in [0.5, 0.6) is 0 Å². The van der Waals surface area contributed by atoms with Crippen molar-refractivity contribution in [1.82, 2.24) is 15.0 Å². The summed E-state index contributed by atoms with van der Waals surface area (Å²) < 4.78 is 0. The fraction of sp³-hybridized carbons (Fsp3) is 0.0476. The highest BCUT2D eigenvalue weighted by Crippen LogP contribution is 2.29. The summed E-state index contributed by atoms with van der Waals surface area (Å²) in [4.78, 5) is 13.4. The van der Waals surface area contributed by atoms with Crippen LogP contribution in [0.25, 0.3) is 22.3 Å². The summed E-state index contributed by atoms with van der Waals surface area (Å²) in [6.07, 6.45) is 8.54. The number of halogens is 1. The Hall–Kier alpha value is -3.40. The third-order valence-corrected chi connectivity index (χ3v) is 4.24. The minimum atomic E-state index is 0.0693.